The maximum atomic E-state index is 12.8. The van der Waals surface area contributed by atoms with Gasteiger partial charge >= 0.3 is 6.18 Å². The zero-order chi connectivity index (χ0) is 18.5. The second kappa shape index (κ2) is 5.77. The molecule has 134 valence electrons. The zero-order valence-electron chi connectivity index (χ0n) is 13.1. The molecule has 0 unspecified atom stereocenters. The van der Waals surface area contributed by atoms with Crippen molar-refractivity contribution in [1.82, 2.24) is 30.4 Å². The van der Waals surface area contributed by atoms with E-state index in [0.29, 0.717) is 38.5 Å². The van der Waals surface area contributed by atoms with Gasteiger partial charge in [0, 0.05) is 28.2 Å². The number of H-pyrrole nitrogens is 3. The van der Waals surface area contributed by atoms with Crippen molar-refractivity contribution in [3.63, 3.8) is 0 Å². The Morgan fingerprint density at radius 3 is 2.65 bits per heavy atom. The first-order valence-corrected chi connectivity index (χ1v) is 7.64. The summed E-state index contributed by atoms with van der Waals surface area (Å²) in [6.45, 7) is 0. The van der Waals surface area contributed by atoms with Crippen molar-refractivity contribution in [2.24, 2.45) is 0 Å². The third-order valence-corrected chi connectivity index (χ3v) is 4.13. The van der Waals surface area contributed by atoms with Gasteiger partial charge in [-0.3, -0.25) is 10.2 Å². The molecule has 11 heteroatoms. The highest BCUT2D eigenvalue weighted by atomic mass is 35.5. The predicted octanol–water partition coefficient (Wildman–Crippen LogP) is 4.02. The molecular formula is C15H10ClF3N6O. The van der Waals surface area contributed by atoms with E-state index in [9.17, 15) is 13.2 Å². The highest BCUT2D eigenvalue weighted by Crippen LogP contribution is 2.41. The molecule has 0 saturated carbocycles. The third kappa shape index (κ3) is 2.58. The maximum absolute atomic E-state index is 12.8. The molecule has 0 radical (unpaired) electrons. The maximum Gasteiger partial charge on any atom is 0.453 e. The van der Waals surface area contributed by atoms with E-state index in [0.717, 1.165) is 0 Å². The number of aromatic nitrogens is 6. The lowest BCUT2D eigenvalue weighted by molar-refractivity contribution is -0.144. The summed E-state index contributed by atoms with van der Waals surface area (Å²) in [5, 5.41) is 13.2. The second-order valence-electron chi connectivity index (χ2n) is 5.40. The van der Waals surface area contributed by atoms with Gasteiger partial charge in [0.25, 0.3) is 5.82 Å². The molecule has 0 bridgehead atoms. The van der Waals surface area contributed by atoms with Gasteiger partial charge in [0.15, 0.2) is 5.82 Å². The molecule has 0 aliphatic rings. The number of nitrogens with one attached hydrogen (secondary N) is 3. The van der Waals surface area contributed by atoms with Crippen molar-refractivity contribution in [2.45, 2.75) is 6.18 Å². The average molecular weight is 383 g/mol. The van der Waals surface area contributed by atoms with Crippen molar-refractivity contribution in [3.8, 4) is 28.4 Å². The van der Waals surface area contributed by atoms with Crippen LogP contribution in [0.25, 0.3) is 33.5 Å². The second-order valence-corrected chi connectivity index (χ2v) is 5.81. The minimum atomic E-state index is -4.65. The normalized spacial score (nSPS) is 12.0. The molecule has 0 fully saturated rings. The van der Waals surface area contributed by atoms with Gasteiger partial charge in [-0.15, -0.1) is 5.10 Å². The van der Waals surface area contributed by atoms with Crippen LogP contribution in [-0.4, -0.2) is 37.5 Å². The summed E-state index contributed by atoms with van der Waals surface area (Å²) in [7, 11) is 1.48. The van der Waals surface area contributed by atoms with E-state index in [1.807, 2.05) is 0 Å². The van der Waals surface area contributed by atoms with Crippen molar-refractivity contribution in [2.75, 3.05) is 7.11 Å². The fraction of sp³-hybridized carbons (Fsp3) is 0.133. The van der Waals surface area contributed by atoms with Crippen molar-refractivity contribution in [3.05, 3.63) is 35.4 Å². The molecule has 0 aliphatic carbocycles. The van der Waals surface area contributed by atoms with Crippen LogP contribution in [0.4, 0.5) is 13.2 Å². The van der Waals surface area contributed by atoms with E-state index >= 15 is 0 Å². The van der Waals surface area contributed by atoms with Crippen LogP contribution in [0, 0.1) is 0 Å². The summed E-state index contributed by atoms with van der Waals surface area (Å²) in [5.41, 5.74) is 2.18. The molecule has 0 atom stereocenters. The first kappa shape index (κ1) is 16.5. The number of hydrogen-bond donors (Lipinski definition) is 3. The Bertz CT molecular complexity index is 1080. The quantitative estimate of drug-likeness (QED) is 0.498. The molecule has 1 aromatic carbocycles. The lowest BCUT2D eigenvalue weighted by Gasteiger charge is -2.04. The number of methoxy groups -OCH3 is 1. The van der Waals surface area contributed by atoms with Gasteiger partial charge < -0.3 is 9.72 Å². The molecule has 3 aromatic heterocycles. The van der Waals surface area contributed by atoms with Gasteiger partial charge in [-0.2, -0.15) is 18.3 Å². The van der Waals surface area contributed by atoms with Crippen LogP contribution in [0.5, 0.6) is 5.75 Å². The van der Waals surface area contributed by atoms with E-state index in [2.05, 4.69) is 30.4 Å². The summed E-state index contributed by atoms with van der Waals surface area (Å²) in [5.74, 6) is -0.872. The largest absolute Gasteiger partial charge is 0.495 e. The van der Waals surface area contributed by atoms with Crippen LogP contribution < -0.4 is 4.74 Å². The van der Waals surface area contributed by atoms with Crippen molar-refractivity contribution < 1.29 is 17.9 Å². The standard InChI is InChI=1S/C15H10ClF3N6O/c1-26-10-2-7-9(3-8(10)16)22-12(11(7)6-4-20-21-5-6)13-23-14(25-24-13)15(17,18)19/h2-5,22H,1H3,(H,20,21)(H,23,24,25). The van der Waals surface area contributed by atoms with E-state index in [1.54, 1.807) is 24.5 Å². The Morgan fingerprint density at radius 1 is 1.23 bits per heavy atom. The summed E-state index contributed by atoms with van der Waals surface area (Å²) < 4.78 is 43.8. The van der Waals surface area contributed by atoms with E-state index in [1.165, 1.54) is 7.11 Å². The van der Waals surface area contributed by atoms with Gasteiger partial charge in [-0.05, 0) is 12.1 Å². The van der Waals surface area contributed by atoms with Gasteiger partial charge in [-0.1, -0.05) is 11.6 Å². The fourth-order valence-electron chi connectivity index (χ4n) is 2.72. The summed E-state index contributed by atoms with van der Waals surface area (Å²) in [6.07, 6.45) is -1.48. The molecule has 4 aromatic rings. The molecule has 3 N–H and O–H groups in total. The third-order valence-electron chi connectivity index (χ3n) is 3.83. The summed E-state index contributed by atoms with van der Waals surface area (Å²) in [4.78, 5) is 6.61. The number of halogens is 4. The van der Waals surface area contributed by atoms with Crippen molar-refractivity contribution >= 4 is 22.5 Å². The Morgan fingerprint density at radius 2 is 2.04 bits per heavy atom. The lowest BCUT2D eigenvalue weighted by Crippen LogP contribution is -2.07. The first-order valence-electron chi connectivity index (χ1n) is 7.27. The molecule has 0 aliphatic heterocycles. The molecule has 3 heterocycles. The topological polar surface area (TPSA) is 95.3 Å². The van der Waals surface area contributed by atoms with Gasteiger partial charge in [0.05, 0.1) is 24.0 Å². The molecule has 0 saturated heterocycles. The van der Waals surface area contributed by atoms with Crippen LogP contribution in [-0.2, 0) is 6.18 Å². The number of alkyl halides is 3. The Kier molecular flexibility index (Phi) is 3.65. The number of ether oxygens (including phenoxy) is 1. The van der Waals surface area contributed by atoms with E-state index in [-0.39, 0.29) is 5.82 Å². The van der Waals surface area contributed by atoms with Crippen LogP contribution in [0.1, 0.15) is 5.82 Å². The molecule has 0 spiro atoms. The summed E-state index contributed by atoms with van der Waals surface area (Å²) >= 11 is 6.15. The number of fused-ring (bicyclic) bond motifs is 1. The average Bonchev–Trinajstić information content (AvgIpc) is 3.31. The SMILES string of the molecule is COc1cc2c(-c3cn[nH]c3)c(-c3nc(C(F)(F)F)n[nH]3)[nH]c2cc1Cl. The highest BCUT2D eigenvalue weighted by molar-refractivity contribution is 6.33. The van der Waals surface area contributed by atoms with Gasteiger partial charge in [0.2, 0.25) is 0 Å². The monoisotopic (exact) mass is 382 g/mol. The minimum Gasteiger partial charge on any atom is -0.495 e. The van der Waals surface area contributed by atoms with Crippen LogP contribution in [0.15, 0.2) is 24.5 Å². The van der Waals surface area contributed by atoms with Crippen molar-refractivity contribution in [1.29, 1.82) is 0 Å². The molecule has 4 rings (SSSR count). The number of rotatable bonds is 3. The van der Waals surface area contributed by atoms with E-state index in [4.69, 9.17) is 16.3 Å². The molecule has 26 heavy (non-hydrogen) atoms. The first-order chi connectivity index (χ1) is 12.4. The Labute approximate surface area is 148 Å². The number of nitrogens with zero attached hydrogens (tertiary/aromatic N) is 3. The zero-order valence-corrected chi connectivity index (χ0v) is 13.8. The molecule has 7 nitrogen and oxygen atoms in total. The minimum absolute atomic E-state index is 0.0557. The Hall–Kier alpha value is -3.01. The predicted molar refractivity (Wildman–Crippen MR) is 87.8 cm³/mol. The highest BCUT2D eigenvalue weighted by Gasteiger charge is 2.36. The smallest absolute Gasteiger partial charge is 0.453 e. The fourth-order valence-corrected chi connectivity index (χ4v) is 2.96. The van der Waals surface area contributed by atoms with Crippen LogP contribution in [0.2, 0.25) is 5.02 Å². The van der Waals surface area contributed by atoms with Gasteiger partial charge in [-0.25, -0.2) is 4.98 Å². The number of benzene rings is 1. The Balaban J connectivity index is 2.00. The molecule has 0 amide bonds. The van der Waals surface area contributed by atoms with E-state index < -0.39 is 12.0 Å². The number of hydrogen-bond acceptors (Lipinski definition) is 4. The number of aromatic amines is 3. The van der Waals surface area contributed by atoms with Gasteiger partial charge in [0.1, 0.15) is 5.75 Å². The van der Waals surface area contributed by atoms with Crippen LogP contribution >= 0.6 is 11.6 Å². The lowest BCUT2D eigenvalue weighted by atomic mass is 10.0. The molecular weight excluding hydrogens is 373 g/mol. The van der Waals surface area contributed by atoms with Crippen LogP contribution in [0.3, 0.4) is 0 Å². The summed E-state index contributed by atoms with van der Waals surface area (Å²) in [6, 6.07) is 3.32.